The minimum absolute atomic E-state index is 0.281. The molecule has 0 saturated heterocycles. The Morgan fingerprint density at radius 2 is 1.27 bits per heavy atom. The second kappa shape index (κ2) is 7.41. The Kier molecular flexibility index (Phi) is 5.31. The fourth-order valence-electron chi connectivity index (χ4n) is 2.09. The standard InChI is InChI=1S/C18H18O4/c1-3-21-17(19)15-10-14(13-8-6-5-7-9-13)11-16(12-15)18(20)22-4-2/h5-12H,3-4H2,1-2H3. The zero-order valence-electron chi connectivity index (χ0n) is 12.7. The van der Waals surface area contributed by atoms with Gasteiger partial charge in [0.2, 0.25) is 0 Å². The Labute approximate surface area is 129 Å². The van der Waals surface area contributed by atoms with Crippen molar-refractivity contribution in [2.45, 2.75) is 13.8 Å². The molecule has 0 unspecified atom stereocenters. The van der Waals surface area contributed by atoms with E-state index >= 15 is 0 Å². The van der Waals surface area contributed by atoms with Gasteiger partial charge in [0.15, 0.2) is 0 Å². The molecule has 2 aromatic carbocycles. The van der Waals surface area contributed by atoms with Gasteiger partial charge in [-0.3, -0.25) is 0 Å². The summed E-state index contributed by atoms with van der Waals surface area (Å²) in [6.07, 6.45) is 0. The van der Waals surface area contributed by atoms with Gasteiger partial charge in [0.25, 0.3) is 0 Å². The number of esters is 2. The summed E-state index contributed by atoms with van der Waals surface area (Å²) < 4.78 is 10.0. The third-order valence-electron chi connectivity index (χ3n) is 3.06. The van der Waals surface area contributed by atoms with E-state index in [2.05, 4.69) is 0 Å². The Morgan fingerprint density at radius 3 is 1.73 bits per heavy atom. The number of carbonyl (C=O) groups excluding carboxylic acids is 2. The fraction of sp³-hybridized carbons (Fsp3) is 0.222. The van der Waals surface area contributed by atoms with Gasteiger partial charge in [-0.2, -0.15) is 0 Å². The molecule has 0 heterocycles. The molecule has 2 rings (SSSR count). The number of hydrogen-bond donors (Lipinski definition) is 0. The van der Waals surface area contributed by atoms with Crippen molar-refractivity contribution in [1.29, 1.82) is 0 Å². The predicted octanol–water partition coefficient (Wildman–Crippen LogP) is 3.71. The van der Waals surface area contributed by atoms with Crippen LogP contribution in [0.5, 0.6) is 0 Å². The van der Waals surface area contributed by atoms with Crippen molar-refractivity contribution < 1.29 is 19.1 Å². The van der Waals surface area contributed by atoms with Gasteiger partial charge in [-0.05, 0) is 43.2 Å². The lowest BCUT2D eigenvalue weighted by Gasteiger charge is -2.09. The zero-order chi connectivity index (χ0) is 15.9. The molecule has 0 saturated carbocycles. The molecule has 0 amide bonds. The topological polar surface area (TPSA) is 52.6 Å². The number of hydrogen-bond acceptors (Lipinski definition) is 4. The molecule has 114 valence electrons. The van der Waals surface area contributed by atoms with Crippen LogP contribution in [0.2, 0.25) is 0 Å². The van der Waals surface area contributed by atoms with Gasteiger partial charge in [0, 0.05) is 0 Å². The third kappa shape index (κ3) is 3.73. The molecule has 4 heteroatoms. The fourth-order valence-corrected chi connectivity index (χ4v) is 2.09. The highest BCUT2D eigenvalue weighted by Crippen LogP contribution is 2.23. The van der Waals surface area contributed by atoms with Crippen LogP contribution >= 0.6 is 0 Å². The minimum atomic E-state index is -0.453. The van der Waals surface area contributed by atoms with Crippen LogP contribution in [0.3, 0.4) is 0 Å². The average molecular weight is 298 g/mol. The van der Waals surface area contributed by atoms with Crippen LogP contribution in [0.25, 0.3) is 11.1 Å². The predicted molar refractivity (Wildman–Crippen MR) is 83.8 cm³/mol. The van der Waals surface area contributed by atoms with Gasteiger partial charge in [-0.15, -0.1) is 0 Å². The largest absolute Gasteiger partial charge is 0.462 e. The van der Waals surface area contributed by atoms with Crippen LogP contribution in [0.15, 0.2) is 48.5 Å². The molecule has 0 aliphatic rings. The molecular weight excluding hydrogens is 280 g/mol. The molecule has 0 N–H and O–H groups in total. The van der Waals surface area contributed by atoms with Crippen LogP contribution < -0.4 is 0 Å². The second-order valence-corrected chi connectivity index (χ2v) is 4.61. The van der Waals surface area contributed by atoms with Crippen LogP contribution in [0.4, 0.5) is 0 Å². The van der Waals surface area contributed by atoms with Gasteiger partial charge in [-0.25, -0.2) is 9.59 Å². The molecule has 0 aromatic heterocycles. The van der Waals surface area contributed by atoms with Gasteiger partial charge in [-0.1, -0.05) is 30.3 Å². The summed E-state index contributed by atoms with van der Waals surface area (Å²) in [5, 5.41) is 0. The normalized spacial score (nSPS) is 10.1. The highest BCUT2D eigenvalue weighted by molar-refractivity contribution is 5.97. The first-order chi connectivity index (χ1) is 10.7. The first kappa shape index (κ1) is 15.8. The average Bonchev–Trinajstić information content (AvgIpc) is 2.55. The smallest absolute Gasteiger partial charge is 0.338 e. The van der Waals surface area contributed by atoms with Crippen LogP contribution in [-0.2, 0) is 9.47 Å². The summed E-state index contributed by atoms with van der Waals surface area (Å²) >= 11 is 0. The van der Waals surface area contributed by atoms with Crippen LogP contribution in [-0.4, -0.2) is 25.2 Å². The van der Waals surface area contributed by atoms with E-state index in [1.807, 2.05) is 30.3 Å². The van der Waals surface area contributed by atoms with Crippen LogP contribution in [0, 0.1) is 0 Å². The monoisotopic (exact) mass is 298 g/mol. The maximum Gasteiger partial charge on any atom is 0.338 e. The van der Waals surface area contributed by atoms with E-state index in [0.29, 0.717) is 11.1 Å². The minimum Gasteiger partial charge on any atom is -0.462 e. The summed E-state index contributed by atoms with van der Waals surface area (Å²) in [7, 11) is 0. The lowest BCUT2D eigenvalue weighted by atomic mass is 10.00. The summed E-state index contributed by atoms with van der Waals surface area (Å²) in [4.78, 5) is 24.0. The molecule has 4 nitrogen and oxygen atoms in total. The van der Waals surface area contributed by atoms with E-state index in [1.54, 1.807) is 26.0 Å². The molecule has 0 fully saturated rings. The first-order valence-electron chi connectivity index (χ1n) is 7.20. The first-order valence-corrected chi connectivity index (χ1v) is 7.20. The molecule has 0 aliphatic heterocycles. The summed E-state index contributed by atoms with van der Waals surface area (Å²) in [5.41, 5.74) is 2.37. The van der Waals surface area contributed by atoms with E-state index in [4.69, 9.17) is 9.47 Å². The van der Waals surface area contributed by atoms with E-state index in [9.17, 15) is 9.59 Å². The molecule has 2 aromatic rings. The maximum absolute atomic E-state index is 12.0. The highest BCUT2D eigenvalue weighted by Gasteiger charge is 2.15. The van der Waals surface area contributed by atoms with Gasteiger partial charge in [0.05, 0.1) is 24.3 Å². The van der Waals surface area contributed by atoms with Crippen molar-refractivity contribution in [3.05, 3.63) is 59.7 Å². The number of carbonyl (C=O) groups is 2. The van der Waals surface area contributed by atoms with Crippen molar-refractivity contribution in [2.75, 3.05) is 13.2 Å². The van der Waals surface area contributed by atoms with E-state index in [1.165, 1.54) is 6.07 Å². The lowest BCUT2D eigenvalue weighted by molar-refractivity contribution is 0.0525. The molecule has 0 spiro atoms. The van der Waals surface area contributed by atoms with Crippen molar-refractivity contribution in [1.82, 2.24) is 0 Å². The Morgan fingerprint density at radius 1 is 0.773 bits per heavy atom. The Balaban J connectivity index is 2.49. The molecule has 0 atom stereocenters. The van der Waals surface area contributed by atoms with Crippen LogP contribution in [0.1, 0.15) is 34.6 Å². The summed E-state index contributed by atoms with van der Waals surface area (Å²) in [6, 6.07) is 14.5. The zero-order valence-corrected chi connectivity index (χ0v) is 12.7. The highest BCUT2D eigenvalue weighted by atomic mass is 16.5. The second-order valence-electron chi connectivity index (χ2n) is 4.61. The Hall–Kier alpha value is -2.62. The van der Waals surface area contributed by atoms with Crippen molar-refractivity contribution in [3.8, 4) is 11.1 Å². The molecule has 22 heavy (non-hydrogen) atoms. The molecule has 0 bridgehead atoms. The van der Waals surface area contributed by atoms with Gasteiger partial charge >= 0.3 is 11.9 Å². The maximum atomic E-state index is 12.0. The Bertz CT molecular complexity index is 626. The molecular formula is C18H18O4. The summed E-state index contributed by atoms with van der Waals surface area (Å²) in [6.45, 7) is 4.04. The van der Waals surface area contributed by atoms with E-state index in [0.717, 1.165) is 11.1 Å². The third-order valence-corrected chi connectivity index (χ3v) is 3.06. The molecule has 0 aliphatic carbocycles. The van der Waals surface area contributed by atoms with E-state index in [-0.39, 0.29) is 13.2 Å². The quantitative estimate of drug-likeness (QED) is 0.790. The lowest BCUT2D eigenvalue weighted by Crippen LogP contribution is -2.09. The van der Waals surface area contributed by atoms with Gasteiger partial charge < -0.3 is 9.47 Å². The van der Waals surface area contributed by atoms with Crippen molar-refractivity contribution >= 4 is 11.9 Å². The SMILES string of the molecule is CCOC(=O)c1cc(C(=O)OCC)cc(-c2ccccc2)c1. The number of ether oxygens (including phenoxy) is 2. The van der Waals surface area contributed by atoms with Crippen molar-refractivity contribution in [3.63, 3.8) is 0 Å². The van der Waals surface area contributed by atoms with Crippen molar-refractivity contribution in [2.24, 2.45) is 0 Å². The summed E-state index contributed by atoms with van der Waals surface area (Å²) in [5.74, 6) is -0.906. The molecule has 0 radical (unpaired) electrons. The van der Waals surface area contributed by atoms with E-state index < -0.39 is 11.9 Å². The number of rotatable bonds is 5. The number of benzene rings is 2. The van der Waals surface area contributed by atoms with Gasteiger partial charge in [0.1, 0.15) is 0 Å².